The van der Waals surface area contributed by atoms with E-state index in [1.54, 1.807) is 0 Å². The van der Waals surface area contributed by atoms with E-state index < -0.39 is 0 Å². The van der Waals surface area contributed by atoms with Gasteiger partial charge in [0.15, 0.2) is 0 Å². The molecule has 0 unspecified atom stereocenters. The molecule has 0 amide bonds. The molecule has 84 valence electrons. The van der Waals surface area contributed by atoms with Crippen LogP contribution in [0.4, 0.5) is 0 Å². The van der Waals surface area contributed by atoms with Crippen LogP contribution in [0.1, 0.15) is 45.4 Å². The first-order chi connectivity index (χ1) is 7.03. The number of nitrogens with one attached hydrogen (secondary N) is 1. The van der Waals surface area contributed by atoms with Crippen LogP contribution in [-0.2, 0) is 13.0 Å². The Morgan fingerprint density at radius 2 is 1.93 bits per heavy atom. The number of hydrogen-bond acceptors (Lipinski definition) is 4. The van der Waals surface area contributed by atoms with E-state index in [0.717, 1.165) is 18.2 Å². The highest BCUT2D eigenvalue weighted by molar-refractivity contribution is 4.89. The topological polar surface area (TPSA) is 51.0 Å². The van der Waals surface area contributed by atoms with Crippen molar-refractivity contribution in [3.8, 4) is 0 Å². The lowest BCUT2D eigenvalue weighted by Crippen LogP contribution is -2.35. The molecule has 0 saturated heterocycles. The normalized spacial score (nSPS) is 17.0. The SMILES string of the molecule is CC(C)(C)NCc1nnc(CC2CC2)o1. The van der Waals surface area contributed by atoms with Crippen LogP contribution >= 0.6 is 0 Å². The Bertz CT molecular complexity index is 323. The van der Waals surface area contributed by atoms with E-state index in [4.69, 9.17) is 4.42 Å². The first-order valence-electron chi connectivity index (χ1n) is 5.59. The lowest BCUT2D eigenvalue weighted by atomic mass is 10.1. The maximum Gasteiger partial charge on any atom is 0.230 e. The van der Waals surface area contributed by atoms with Gasteiger partial charge in [-0.2, -0.15) is 0 Å². The lowest BCUT2D eigenvalue weighted by molar-refractivity contribution is 0.369. The van der Waals surface area contributed by atoms with E-state index in [-0.39, 0.29) is 5.54 Å². The highest BCUT2D eigenvalue weighted by atomic mass is 16.4. The molecule has 1 aromatic rings. The van der Waals surface area contributed by atoms with Crippen molar-refractivity contribution in [2.75, 3.05) is 0 Å². The second-order valence-electron chi connectivity index (χ2n) is 5.34. The van der Waals surface area contributed by atoms with Gasteiger partial charge >= 0.3 is 0 Å². The number of nitrogens with zero attached hydrogens (tertiary/aromatic N) is 2. The van der Waals surface area contributed by atoms with Crippen LogP contribution < -0.4 is 5.32 Å². The molecule has 0 spiro atoms. The van der Waals surface area contributed by atoms with Gasteiger partial charge in [-0.05, 0) is 39.5 Å². The summed E-state index contributed by atoms with van der Waals surface area (Å²) in [6.45, 7) is 7.01. The Kier molecular flexibility index (Phi) is 2.78. The smallest absolute Gasteiger partial charge is 0.230 e. The summed E-state index contributed by atoms with van der Waals surface area (Å²) in [6, 6.07) is 0. The Morgan fingerprint density at radius 3 is 2.53 bits per heavy atom. The second-order valence-corrected chi connectivity index (χ2v) is 5.34. The van der Waals surface area contributed by atoms with E-state index in [0.29, 0.717) is 12.4 Å². The maximum absolute atomic E-state index is 5.55. The molecule has 2 rings (SSSR count). The van der Waals surface area contributed by atoms with Crippen molar-refractivity contribution < 1.29 is 4.42 Å². The second kappa shape index (κ2) is 3.93. The van der Waals surface area contributed by atoms with E-state index >= 15 is 0 Å². The number of rotatable bonds is 4. The van der Waals surface area contributed by atoms with Gasteiger partial charge in [0.25, 0.3) is 0 Å². The molecular weight excluding hydrogens is 190 g/mol. The zero-order chi connectivity index (χ0) is 10.9. The molecule has 0 aromatic carbocycles. The average molecular weight is 209 g/mol. The van der Waals surface area contributed by atoms with Crippen molar-refractivity contribution in [1.29, 1.82) is 0 Å². The molecule has 15 heavy (non-hydrogen) atoms. The molecule has 1 heterocycles. The summed E-state index contributed by atoms with van der Waals surface area (Å²) in [7, 11) is 0. The molecule has 0 aliphatic heterocycles. The van der Waals surface area contributed by atoms with E-state index in [2.05, 4.69) is 36.3 Å². The van der Waals surface area contributed by atoms with Crippen LogP contribution in [0, 0.1) is 5.92 Å². The van der Waals surface area contributed by atoms with Gasteiger partial charge in [0.1, 0.15) is 0 Å². The summed E-state index contributed by atoms with van der Waals surface area (Å²) in [6.07, 6.45) is 3.60. The van der Waals surface area contributed by atoms with E-state index in [1.165, 1.54) is 12.8 Å². The maximum atomic E-state index is 5.55. The molecule has 0 bridgehead atoms. The Labute approximate surface area is 90.5 Å². The Balaban J connectivity index is 1.83. The molecule has 0 atom stereocenters. The predicted molar refractivity (Wildman–Crippen MR) is 57.3 cm³/mol. The zero-order valence-corrected chi connectivity index (χ0v) is 9.71. The third-order valence-corrected chi connectivity index (χ3v) is 2.44. The van der Waals surface area contributed by atoms with Gasteiger partial charge in [0.05, 0.1) is 6.54 Å². The fourth-order valence-electron chi connectivity index (χ4n) is 1.35. The largest absolute Gasteiger partial charge is 0.424 e. The van der Waals surface area contributed by atoms with Gasteiger partial charge in [0, 0.05) is 12.0 Å². The summed E-state index contributed by atoms with van der Waals surface area (Å²) in [5.74, 6) is 2.29. The van der Waals surface area contributed by atoms with Crippen LogP contribution in [0.25, 0.3) is 0 Å². The van der Waals surface area contributed by atoms with Crippen LogP contribution in [0.3, 0.4) is 0 Å². The average Bonchev–Trinajstić information content (AvgIpc) is 2.79. The van der Waals surface area contributed by atoms with Gasteiger partial charge in [0.2, 0.25) is 11.8 Å². The summed E-state index contributed by atoms with van der Waals surface area (Å²) < 4.78 is 5.55. The van der Waals surface area contributed by atoms with Crippen molar-refractivity contribution >= 4 is 0 Å². The summed E-state index contributed by atoms with van der Waals surface area (Å²) in [4.78, 5) is 0. The van der Waals surface area contributed by atoms with Crippen LogP contribution in [0.15, 0.2) is 4.42 Å². The van der Waals surface area contributed by atoms with Crippen molar-refractivity contribution in [1.82, 2.24) is 15.5 Å². The van der Waals surface area contributed by atoms with Gasteiger partial charge in [-0.25, -0.2) is 0 Å². The third-order valence-electron chi connectivity index (χ3n) is 2.44. The predicted octanol–water partition coefficient (Wildman–Crippen LogP) is 1.91. The Hall–Kier alpha value is -0.900. The van der Waals surface area contributed by atoms with Crippen molar-refractivity contribution in [2.45, 2.75) is 52.1 Å². The van der Waals surface area contributed by atoms with E-state index in [9.17, 15) is 0 Å². The van der Waals surface area contributed by atoms with E-state index in [1.807, 2.05) is 0 Å². The minimum atomic E-state index is 0.0884. The molecule has 4 heteroatoms. The summed E-state index contributed by atoms with van der Waals surface area (Å²) in [5.41, 5.74) is 0.0884. The van der Waals surface area contributed by atoms with Crippen molar-refractivity contribution in [2.24, 2.45) is 5.92 Å². The van der Waals surface area contributed by atoms with Crippen LogP contribution in [0.2, 0.25) is 0 Å². The molecule has 0 radical (unpaired) electrons. The number of hydrogen-bond donors (Lipinski definition) is 1. The molecule has 1 N–H and O–H groups in total. The molecule has 1 fully saturated rings. The molecule has 1 aliphatic rings. The first kappa shape index (κ1) is 10.6. The minimum absolute atomic E-state index is 0.0884. The molecule has 4 nitrogen and oxygen atoms in total. The standard InChI is InChI=1S/C11H19N3O/c1-11(2,3)12-7-10-14-13-9(15-10)6-8-4-5-8/h8,12H,4-7H2,1-3H3. The summed E-state index contributed by atoms with van der Waals surface area (Å²) >= 11 is 0. The molecule has 1 saturated carbocycles. The zero-order valence-electron chi connectivity index (χ0n) is 9.71. The van der Waals surface area contributed by atoms with Gasteiger partial charge in [-0.1, -0.05) is 0 Å². The molecular formula is C11H19N3O. The van der Waals surface area contributed by atoms with Gasteiger partial charge < -0.3 is 9.73 Å². The van der Waals surface area contributed by atoms with Gasteiger partial charge in [-0.15, -0.1) is 10.2 Å². The highest BCUT2D eigenvalue weighted by Crippen LogP contribution is 2.32. The monoisotopic (exact) mass is 209 g/mol. The fourth-order valence-corrected chi connectivity index (χ4v) is 1.35. The highest BCUT2D eigenvalue weighted by Gasteiger charge is 2.24. The lowest BCUT2D eigenvalue weighted by Gasteiger charge is -2.18. The first-order valence-corrected chi connectivity index (χ1v) is 5.59. The van der Waals surface area contributed by atoms with Crippen LogP contribution in [-0.4, -0.2) is 15.7 Å². The van der Waals surface area contributed by atoms with Crippen molar-refractivity contribution in [3.63, 3.8) is 0 Å². The van der Waals surface area contributed by atoms with Crippen molar-refractivity contribution in [3.05, 3.63) is 11.8 Å². The van der Waals surface area contributed by atoms with Crippen LogP contribution in [0.5, 0.6) is 0 Å². The quantitative estimate of drug-likeness (QED) is 0.823. The van der Waals surface area contributed by atoms with Gasteiger partial charge in [-0.3, -0.25) is 0 Å². The minimum Gasteiger partial charge on any atom is -0.424 e. The summed E-state index contributed by atoms with van der Waals surface area (Å²) in [5, 5.41) is 11.4. The molecule has 1 aromatic heterocycles. The number of aromatic nitrogens is 2. The Morgan fingerprint density at radius 1 is 1.27 bits per heavy atom. The molecule has 1 aliphatic carbocycles. The third kappa shape index (κ3) is 3.63. The fraction of sp³-hybridized carbons (Fsp3) is 0.818.